The van der Waals surface area contributed by atoms with E-state index in [1.54, 1.807) is 25.1 Å². The molecule has 2 N–H and O–H groups in total. The zero-order valence-corrected chi connectivity index (χ0v) is 11.9. The number of aliphatic hydroxyl groups is 1. The molecule has 0 aliphatic carbocycles. The van der Waals surface area contributed by atoms with Crippen LogP contribution in [0.2, 0.25) is 0 Å². The second kappa shape index (κ2) is 6.31. The van der Waals surface area contributed by atoms with Gasteiger partial charge < -0.3 is 5.11 Å². The van der Waals surface area contributed by atoms with Gasteiger partial charge in [-0.25, -0.2) is 13.1 Å². The summed E-state index contributed by atoms with van der Waals surface area (Å²) in [6.07, 6.45) is 1.52. The lowest BCUT2D eigenvalue weighted by atomic mass is 10.1. The van der Waals surface area contributed by atoms with Crippen LogP contribution in [-0.4, -0.2) is 19.6 Å². The molecule has 0 aliphatic heterocycles. The molecule has 1 rings (SSSR count). The van der Waals surface area contributed by atoms with E-state index in [2.05, 4.69) is 4.72 Å². The molecule has 0 bridgehead atoms. The average Bonchev–Trinajstić information content (AvgIpc) is 2.36. The van der Waals surface area contributed by atoms with Crippen LogP contribution in [0, 0.1) is 6.92 Å². The standard InChI is InChI=1S/C13H21NO3S/c1-4-12(5-2)14-18(16,17)13-8-6-7-11(9-15)10(13)3/h6-8,12,14-15H,4-5,9H2,1-3H3. The molecule has 0 saturated heterocycles. The van der Waals surface area contributed by atoms with Crippen LogP contribution < -0.4 is 4.72 Å². The summed E-state index contributed by atoms with van der Waals surface area (Å²) in [5.41, 5.74) is 1.25. The van der Waals surface area contributed by atoms with Crippen molar-refractivity contribution in [2.75, 3.05) is 0 Å². The minimum absolute atomic E-state index is 0.0489. The van der Waals surface area contributed by atoms with Crippen LogP contribution in [0.1, 0.15) is 37.8 Å². The molecule has 0 fully saturated rings. The molecule has 5 heteroatoms. The summed E-state index contributed by atoms with van der Waals surface area (Å²) in [5.74, 6) is 0. The van der Waals surface area contributed by atoms with Crippen molar-refractivity contribution in [3.8, 4) is 0 Å². The Morgan fingerprint density at radius 2 is 1.89 bits per heavy atom. The van der Waals surface area contributed by atoms with Crippen molar-refractivity contribution in [1.82, 2.24) is 4.72 Å². The zero-order valence-electron chi connectivity index (χ0n) is 11.1. The quantitative estimate of drug-likeness (QED) is 0.831. The minimum atomic E-state index is -3.51. The second-order valence-corrected chi connectivity index (χ2v) is 6.02. The highest BCUT2D eigenvalue weighted by atomic mass is 32.2. The molecule has 0 aliphatic rings. The summed E-state index contributed by atoms with van der Waals surface area (Å²) in [6, 6.07) is 4.90. The highest BCUT2D eigenvalue weighted by Crippen LogP contribution is 2.19. The summed E-state index contributed by atoms with van der Waals surface area (Å²) in [6.45, 7) is 5.47. The number of nitrogens with one attached hydrogen (secondary N) is 1. The summed E-state index contributed by atoms with van der Waals surface area (Å²) >= 11 is 0. The van der Waals surface area contributed by atoms with Gasteiger partial charge in [0.05, 0.1) is 11.5 Å². The van der Waals surface area contributed by atoms with Gasteiger partial charge in [-0.15, -0.1) is 0 Å². The minimum Gasteiger partial charge on any atom is -0.392 e. The molecular formula is C13H21NO3S. The van der Waals surface area contributed by atoms with Crippen molar-refractivity contribution in [3.05, 3.63) is 29.3 Å². The molecule has 0 spiro atoms. The van der Waals surface area contributed by atoms with Gasteiger partial charge in [-0.2, -0.15) is 0 Å². The van der Waals surface area contributed by atoms with Crippen LogP contribution in [0.25, 0.3) is 0 Å². The van der Waals surface area contributed by atoms with Crippen LogP contribution in [-0.2, 0) is 16.6 Å². The van der Waals surface area contributed by atoms with E-state index in [-0.39, 0.29) is 17.5 Å². The van der Waals surface area contributed by atoms with E-state index < -0.39 is 10.0 Å². The average molecular weight is 271 g/mol. The Labute approximate surface area is 109 Å². The van der Waals surface area contributed by atoms with Crippen molar-refractivity contribution >= 4 is 10.0 Å². The van der Waals surface area contributed by atoms with Crippen molar-refractivity contribution in [2.24, 2.45) is 0 Å². The fourth-order valence-corrected chi connectivity index (χ4v) is 3.55. The lowest BCUT2D eigenvalue weighted by Gasteiger charge is -2.17. The molecule has 0 aromatic heterocycles. The highest BCUT2D eigenvalue weighted by molar-refractivity contribution is 7.89. The lowest BCUT2D eigenvalue weighted by molar-refractivity contribution is 0.280. The van der Waals surface area contributed by atoms with Gasteiger partial charge in [0.15, 0.2) is 0 Å². The normalized spacial score (nSPS) is 12.1. The van der Waals surface area contributed by atoms with Gasteiger partial charge in [-0.05, 0) is 37.0 Å². The molecular weight excluding hydrogens is 250 g/mol. The molecule has 4 nitrogen and oxygen atoms in total. The maximum absolute atomic E-state index is 12.3. The van der Waals surface area contributed by atoms with Crippen molar-refractivity contribution in [3.63, 3.8) is 0 Å². The predicted octanol–water partition coefficient (Wildman–Crippen LogP) is 1.95. The van der Waals surface area contributed by atoms with E-state index in [1.807, 2.05) is 13.8 Å². The number of aliphatic hydroxyl groups excluding tert-OH is 1. The monoisotopic (exact) mass is 271 g/mol. The van der Waals surface area contributed by atoms with Crippen LogP contribution in [0.5, 0.6) is 0 Å². The Hall–Kier alpha value is -0.910. The second-order valence-electron chi connectivity index (χ2n) is 4.33. The number of hydrogen-bond acceptors (Lipinski definition) is 3. The van der Waals surface area contributed by atoms with E-state index in [1.165, 1.54) is 0 Å². The third-order valence-electron chi connectivity index (χ3n) is 3.16. The van der Waals surface area contributed by atoms with E-state index >= 15 is 0 Å². The fraction of sp³-hybridized carbons (Fsp3) is 0.538. The maximum atomic E-state index is 12.3. The predicted molar refractivity (Wildman–Crippen MR) is 71.8 cm³/mol. The topological polar surface area (TPSA) is 66.4 Å². The molecule has 0 radical (unpaired) electrons. The molecule has 18 heavy (non-hydrogen) atoms. The van der Waals surface area contributed by atoms with Crippen molar-refractivity contribution in [2.45, 2.75) is 51.2 Å². The van der Waals surface area contributed by atoms with Crippen LogP contribution in [0.4, 0.5) is 0 Å². The molecule has 102 valence electrons. The van der Waals surface area contributed by atoms with Gasteiger partial charge in [-0.1, -0.05) is 26.0 Å². The Morgan fingerprint density at radius 1 is 1.28 bits per heavy atom. The summed E-state index contributed by atoms with van der Waals surface area (Å²) in [4.78, 5) is 0.251. The molecule has 0 amide bonds. The number of hydrogen-bond donors (Lipinski definition) is 2. The fourth-order valence-electron chi connectivity index (χ4n) is 1.86. The highest BCUT2D eigenvalue weighted by Gasteiger charge is 2.20. The van der Waals surface area contributed by atoms with Crippen LogP contribution >= 0.6 is 0 Å². The molecule has 0 unspecified atom stereocenters. The molecule has 0 saturated carbocycles. The SMILES string of the molecule is CCC(CC)NS(=O)(=O)c1cccc(CO)c1C. The first-order valence-corrected chi connectivity index (χ1v) is 7.66. The number of benzene rings is 1. The smallest absolute Gasteiger partial charge is 0.241 e. The maximum Gasteiger partial charge on any atom is 0.241 e. The van der Waals surface area contributed by atoms with E-state index in [9.17, 15) is 8.42 Å². The number of sulfonamides is 1. The third-order valence-corrected chi connectivity index (χ3v) is 4.83. The Morgan fingerprint density at radius 3 is 2.39 bits per heavy atom. The Balaban J connectivity index is 3.13. The molecule has 1 aromatic carbocycles. The van der Waals surface area contributed by atoms with Gasteiger partial charge in [-0.3, -0.25) is 0 Å². The van der Waals surface area contributed by atoms with Gasteiger partial charge in [0.25, 0.3) is 0 Å². The van der Waals surface area contributed by atoms with Crippen LogP contribution in [0.3, 0.4) is 0 Å². The Bertz CT molecular complexity index is 493. The van der Waals surface area contributed by atoms with Gasteiger partial charge in [0.2, 0.25) is 10.0 Å². The summed E-state index contributed by atoms with van der Waals surface area (Å²) in [5, 5.41) is 9.17. The van der Waals surface area contributed by atoms with Gasteiger partial charge >= 0.3 is 0 Å². The first kappa shape index (κ1) is 15.1. The third kappa shape index (κ3) is 3.31. The van der Waals surface area contributed by atoms with Crippen LogP contribution in [0.15, 0.2) is 23.1 Å². The first-order chi connectivity index (χ1) is 8.46. The summed E-state index contributed by atoms with van der Waals surface area (Å²) in [7, 11) is -3.51. The molecule has 0 heterocycles. The lowest BCUT2D eigenvalue weighted by Crippen LogP contribution is -2.34. The zero-order chi connectivity index (χ0) is 13.8. The van der Waals surface area contributed by atoms with E-state index in [0.717, 1.165) is 12.8 Å². The Kier molecular flexibility index (Phi) is 5.31. The van der Waals surface area contributed by atoms with E-state index in [4.69, 9.17) is 5.11 Å². The largest absolute Gasteiger partial charge is 0.392 e. The first-order valence-electron chi connectivity index (χ1n) is 6.17. The van der Waals surface area contributed by atoms with Crippen molar-refractivity contribution < 1.29 is 13.5 Å². The van der Waals surface area contributed by atoms with E-state index in [0.29, 0.717) is 11.1 Å². The molecule has 1 aromatic rings. The molecule has 0 atom stereocenters. The van der Waals surface area contributed by atoms with Gasteiger partial charge in [0.1, 0.15) is 0 Å². The summed E-state index contributed by atoms with van der Waals surface area (Å²) < 4.78 is 27.2. The van der Waals surface area contributed by atoms with Gasteiger partial charge in [0, 0.05) is 6.04 Å². The van der Waals surface area contributed by atoms with Crippen molar-refractivity contribution in [1.29, 1.82) is 0 Å². The number of rotatable bonds is 6.